The van der Waals surface area contributed by atoms with Gasteiger partial charge in [-0.1, -0.05) is 0 Å². The molecule has 0 aliphatic carbocycles. The monoisotopic (exact) mass is 366 g/mol. The largest absolute Gasteiger partial charge is 0.497 e. The third-order valence-corrected chi connectivity index (χ3v) is 5.36. The minimum Gasteiger partial charge on any atom is -0.497 e. The summed E-state index contributed by atoms with van der Waals surface area (Å²) in [6.45, 7) is 6.10. The molecule has 138 valence electrons. The number of ether oxygens (including phenoxy) is 2. The number of amides is 2. The molecular formula is C18H26N2O4S. The van der Waals surface area contributed by atoms with Crippen LogP contribution in [0.1, 0.15) is 38.1 Å². The van der Waals surface area contributed by atoms with E-state index in [1.807, 2.05) is 39.0 Å². The van der Waals surface area contributed by atoms with Crippen molar-refractivity contribution in [2.24, 2.45) is 0 Å². The molecule has 2 rings (SSSR count). The highest BCUT2D eigenvalue weighted by molar-refractivity contribution is 8.01. The summed E-state index contributed by atoms with van der Waals surface area (Å²) < 4.78 is 10.8. The quantitative estimate of drug-likeness (QED) is 0.803. The molecule has 2 atom stereocenters. The molecule has 0 unspecified atom stereocenters. The van der Waals surface area contributed by atoms with Crippen molar-refractivity contribution in [3.8, 4) is 11.5 Å². The highest BCUT2D eigenvalue weighted by atomic mass is 32.2. The molecule has 1 heterocycles. The minimum absolute atomic E-state index is 0.0391. The Balaban J connectivity index is 2.23. The molecular weight excluding hydrogens is 340 g/mol. The standard InChI is InChI=1S/C18H26N2O4S/c1-11(2)19-16(21)8-9-20-17(22)12(3)25-18(20)14-10-13(23-4)6-7-15(14)24-5/h6-7,10-12,18H,8-9H2,1-5H3,(H,19,21)/t12-,18-/m1/s1. The summed E-state index contributed by atoms with van der Waals surface area (Å²) in [7, 11) is 3.21. The van der Waals surface area contributed by atoms with Crippen LogP contribution in [0, 0.1) is 0 Å². The van der Waals surface area contributed by atoms with Crippen LogP contribution in [0.15, 0.2) is 18.2 Å². The molecule has 2 amide bonds. The molecule has 0 bridgehead atoms. The Bertz CT molecular complexity index is 636. The average molecular weight is 366 g/mol. The number of benzene rings is 1. The van der Waals surface area contributed by atoms with Crippen LogP contribution >= 0.6 is 11.8 Å². The molecule has 0 spiro atoms. The van der Waals surface area contributed by atoms with Gasteiger partial charge in [-0.05, 0) is 39.0 Å². The van der Waals surface area contributed by atoms with Crippen molar-refractivity contribution in [3.63, 3.8) is 0 Å². The number of thioether (sulfide) groups is 1. The Labute approximate surface area is 153 Å². The predicted molar refractivity (Wildman–Crippen MR) is 98.9 cm³/mol. The average Bonchev–Trinajstić information content (AvgIpc) is 2.86. The van der Waals surface area contributed by atoms with Gasteiger partial charge in [0.2, 0.25) is 11.8 Å². The van der Waals surface area contributed by atoms with Gasteiger partial charge in [0.15, 0.2) is 0 Å². The Morgan fingerprint density at radius 2 is 2.04 bits per heavy atom. The van der Waals surface area contributed by atoms with Crippen molar-refractivity contribution in [2.75, 3.05) is 20.8 Å². The Morgan fingerprint density at radius 3 is 2.64 bits per heavy atom. The van der Waals surface area contributed by atoms with Crippen LogP contribution in [-0.2, 0) is 9.59 Å². The van der Waals surface area contributed by atoms with Gasteiger partial charge in [0, 0.05) is 24.6 Å². The number of hydrogen-bond acceptors (Lipinski definition) is 5. The fourth-order valence-corrected chi connectivity index (χ4v) is 4.12. The van der Waals surface area contributed by atoms with Crippen molar-refractivity contribution in [1.29, 1.82) is 0 Å². The van der Waals surface area contributed by atoms with E-state index in [0.29, 0.717) is 18.0 Å². The lowest BCUT2D eigenvalue weighted by Gasteiger charge is -2.25. The van der Waals surface area contributed by atoms with Crippen molar-refractivity contribution in [2.45, 2.75) is 43.9 Å². The van der Waals surface area contributed by atoms with E-state index in [0.717, 1.165) is 5.56 Å². The van der Waals surface area contributed by atoms with Gasteiger partial charge in [0.25, 0.3) is 0 Å². The molecule has 1 N–H and O–H groups in total. The SMILES string of the molecule is COc1ccc(OC)c([C@H]2S[C@H](C)C(=O)N2CCC(=O)NC(C)C)c1. The summed E-state index contributed by atoms with van der Waals surface area (Å²) in [6, 6.07) is 5.65. The van der Waals surface area contributed by atoms with Gasteiger partial charge in [0.1, 0.15) is 16.9 Å². The fourth-order valence-electron chi connectivity index (χ4n) is 2.79. The first-order chi connectivity index (χ1) is 11.9. The smallest absolute Gasteiger partial charge is 0.236 e. The van der Waals surface area contributed by atoms with E-state index in [1.54, 1.807) is 30.9 Å². The molecule has 1 saturated heterocycles. The van der Waals surface area contributed by atoms with Crippen LogP contribution in [0.5, 0.6) is 11.5 Å². The minimum atomic E-state index is -0.195. The Kier molecular flexibility index (Phi) is 6.58. The first-order valence-corrected chi connectivity index (χ1v) is 9.28. The molecule has 1 aromatic rings. The first kappa shape index (κ1) is 19.4. The molecule has 25 heavy (non-hydrogen) atoms. The highest BCUT2D eigenvalue weighted by Gasteiger charge is 2.39. The molecule has 0 saturated carbocycles. The summed E-state index contributed by atoms with van der Waals surface area (Å²) in [5.74, 6) is 1.40. The van der Waals surface area contributed by atoms with Crippen LogP contribution < -0.4 is 14.8 Å². The lowest BCUT2D eigenvalue weighted by Crippen LogP contribution is -2.36. The molecule has 7 heteroatoms. The topological polar surface area (TPSA) is 67.9 Å². The predicted octanol–water partition coefficient (Wildman–Crippen LogP) is 2.58. The van der Waals surface area contributed by atoms with E-state index in [-0.39, 0.29) is 34.9 Å². The van der Waals surface area contributed by atoms with E-state index in [1.165, 1.54) is 0 Å². The van der Waals surface area contributed by atoms with Gasteiger partial charge in [-0.15, -0.1) is 11.8 Å². The Morgan fingerprint density at radius 1 is 1.32 bits per heavy atom. The van der Waals surface area contributed by atoms with E-state index in [9.17, 15) is 9.59 Å². The number of carbonyl (C=O) groups is 2. The number of hydrogen-bond donors (Lipinski definition) is 1. The number of rotatable bonds is 7. The molecule has 1 fully saturated rings. The molecule has 0 aromatic heterocycles. The Hall–Kier alpha value is -1.89. The van der Waals surface area contributed by atoms with Crippen molar-refractivity contribution in [1.82, 2.24) is 10.2 Å². The van der Waals surface area contributed by atoms with Gasteiger partial charge in [-0.25, -0.2) is 0 Å². The second-order valence-electron chi connectivity index (χ2n) is 6.24. The maximum atomic E-state index is 12.6. The summed E-state index contributed by atoms with van der Waals surface area (Å²) >= 11 is 1.56. The van der Waals surface area contributed by atoms with E-state index in [2.05, 4.69) is 5.32 Å². The lowest BCUT2D eigenvalue weighted by molar-refractivity contribution is -0.130. The molecule has 0 radical (unpaired) electrons. The number of carbonyl (C=O) groups excluding carboxylic acids is 2. The van der Waals surface area contributed by atoms with Gasteiger partial charge >= 0.3 is 0 Å². The number of nitrogens with one attached hydrogen (secondary N) is 1. The van der Waals surface area contributed by atoms with E-state index < -0.39 is 0 Å². The van der Waals surface area contributed by atoms with Gasteiger partial charge in [0.05, 0.1) is 19.5 Å². The second kappa shape index (κ2) is 8.47. The molecule has 1 aromatic carbocycles. The van der Waals surface area contributed by atoms with Gasteiger partial charge < -0.3 is 19.7 Å². The number of nitrogens with zero attached hydrogens (tertiary/aromatic N) is 1. The first-order valence-electron chi connectivity index (χ1n) is 8.34. The molecule has 6 nitrogen and oxygen atoms in total. The van der Waals surface area contributed by atoms with Crippen molar-refractivity contribution in [3.05, 3.63) is 23.8 Å². The fraction of sp³-hybridized carbons (Fsp3) is 0.556. The normalized spacial score (nSPS) is 20.1. The molecule has 1 aliphatic heterocycles. The molecule has 1 aliphatic rings. The maximum absolute atomic E-state index is 12.6. The van der Waals surface area contributed by atoms with Crippen LogP contribution in [0.4, 0.5) is 0 Å². The van der Waals surface area contributed by atoms with Crippen LogP contribution in [0.25, 0.3) is 0 Å². The van der Waals surface area contributed by atoms with E-state index >= 15 is 0 Å². The maximum Gasteiger partial charge on any atom is 0.236 e. The summed E-state index contributed by atoms with van der Waals surface area (Å²) in [5.41, 5.74) is 0.883. The highest BCUT2D eigenvalue weighted by Crippen LogP contribution is 2.46. The lowest BCUT2D eigenvalue weighted by atomic mass is 10.1. The summed E-state index contributed by atoms with van der Waals surface area (Å²) in [4.78, 5) is 26.3. The third-order valence-electron chi connectivity index (χ3n) is 3.98. The summed E-state index contributed by atoms with van der Waals surface area (Å²) in [5, 5.41) is 2.51. The summed E-state index contributed by atoms with van der Waals surface area (Å²) in [6.07, 6.45) is 0.278. The zero-order valence-electron chi connectivity index (χ0n) is 15.4. The van der Waals surface area contributed by atoms with Crippen LogP contribution in [0.2, 0.25) is 0 Å². The van der Waals surface area contributed by atoms with Crippen LogP contribution in [-0.4, -0.2) is 48.8 Å². The van der Waals surface area contributed by atoms with Crippen molar-refractivity contribution < 1.29 is 19.1 Å². The van der Waals surface area contributed by atoms with Crippen molar-refractivity contribution >= 4 is 23.6 Å². The van der Waals surface area contributed by atoms with Crippen LogP contribution in [0.3, 0.4) is 0 Å². The van der Waals surface area contributed by atoms with E-state index in [4.69, 9.17) is 9.47 Å². The van der Waals surface area contributed by atoms with Gasteiger partial charge in [-0.3, -0.25) is 9.59 Å². The third kappa shape index (κ3) is 4.60. The van der Waals surface area contributed by atoms with Gasteiger partial charge in [-0.2, -0.15) is 0 Å². The zero-order chi connectivity index (χ0) is 18.6. The number of methoxy groups -OCH3 is 2. The zero-order valence-corrected chi connectivity index (χ0v) is 16.2. The second-order valence-corrected chi connectivity index (χ2v) is 7.67.